The maximum absolute atomic E-state index is 11.6. The summed E-state index contributed by atoms with van der Waals surface area (Å²) in [5.74, 6) is -0.925. The van der Waals surface area contributed by atoms with Crippen molar-refractivity contribution in [1.29, 1.82) is 0 Å². The monoisotopic (exact) mass is 217 g/mol. The number of hydrogen-bond acceptors (Lipinski definition) is 2. The molecule has 0 saturated carbocycles. The first-order chi connectivity index (χ1) is 7.58. The number of nitrogens with zero attached hydrogens (tertiary/aromatic N) is 1. The number of pyridine rings is 1. The summed E-state index contributed by atoms with van der Waals surface area (Å²) in [6.45, 7) is 1.77. The van der Waals surface area contributed by atoms with Crippen LogP contribution in [-0.4, -0.2) is 15.6 Å². The molecule has 2 aromatic rings. The van der Waals surface area contributed by atoms with Gasteiger partial charge in [0.2, 0.25) is 0 Å². The van der Waals surface area contributed by atoms with E-state index in [1.807, 2.05) is 19.1 Å². The fourth-order valence-corrected chi connectivity index (χ4v) is 1.70. The number of rotatable bonds is 2. The Morgan fingerprint density at radius 2 is 2.12 bits per heavy atom. The first kappa shape index (κ1) is 10.4. The van der Waals surface area contributed by atoms with Crippen LogP contribution in [0.1, 0.15) is 5.56 Å². The van der Waals surface area contributed by atoms with Crippen molar-refractivity contribution >= 4 is 16.9 Å². The normalized spacial score (nSPS) is 10.6. The van der Waals surface area contributed by atoms with Gasteiger partial charge >= 0.3 is 5.97 Å². The van der Waals surface area contributed by atoms with E-state index in [0.717, 1.165) is 5.56 Å². The highest BCUT2D eigenvalue weighted by molar-refractivity contribution is 5.81. The van der Waals surface area contributed by atoms with Crippen LogP contribution in [0, 0.1) is 6.92 Å². The second-order valence-corrected chi connectivity index (χ2v) is 3.72. The number of aliphatic carboxylic acids is 1. The lowest BCUT2D eigenvalue weighted by atomic mass is 10.1. The summed E-state index contributed by atoms with van der Waals surface area (Å²) in [4.78, 5) is 22.3. The molecule has 1 heterocycles. The van der Waals surface area contributed by atoms with Crippen molar-refractivity contribution in [2.45, 2.75) is 13.5 Å². The van der Waals surface area contributed by atoms with Gasteiger partial charge in [-0.3, -0.25) is 9.59 Å². The van der Waals surface area contributed by atoms with Gasteiger partial charge < -0.3 is 9.67 Å². The number of carbonyl (C=O) groups is 1. The maximum Gasteiger partial charge on any atom is 0.323 e. The summed E-state index contributed by atoms with van der Waals surface area (Å²) in [6.07, 6.45) is 1.51. The average molecular weight is 217 g/mol. The van der Waals surface area contributed by atoms with Gasteiger partial charge in [-0.05, 0) is 24.6 Å². The molecule has 0 aliphatic carbocycles. The van der Waals surface area contributed by atoms with E-state index in [0.29, 0.717) is 10.9 Å². The SMILES string of the molecule is Cc1ccc2c(=O)ccn(CC(=O)O)c2c1. The van der Waals surface area contributed by atoms with Crippen LogP contribution in [0.5, 0.6) is 0 Å². The molecule has 0 radical (unpaired) electrons. The average Bonchev–Trinajstić information content (AvgIpc) is 2.22. The van der Waals surface area contributed by atoms with E-state index < -0.39 is 5.97 Å². The Morgan fingerprint density at radius 3 is 2.81 bits per heavy atom. The van der Waals surface area contributed by atoms with Gasteiger partial charge in [0.25, 0.3) is 0 Å². The fourth-order valence-electron chi connectivity index (χ4n) is 1.70. The topological polar surface area (TPSA) is 59.3 Å². The van der Waals surface area contributed by atoms with Crippen LogP contribution in [0.3, 0.4) is 0 Å². The quantitative estimate of drug-likeness (QED) is 0.827. The lowest BCUT2D eigenvalue weighted by Gasteiger charge is -2.08. The summed E-state index contributed by atoms with van der Waals surface area (Å²) in [6, 6.07) is 6.78. The molecule has 4 heteroatoms. The molecule has 1 aromatic carbocycles. The Morgan fingerprint density at radius 1 is 1.38 bits per heavy atom. The summed E-state index contributed by atoms with van der Waals surface area (Å²) in [7, 11) is 0. The molecular weight excluding hydrogens is 206 g/mol. The largest absolute Gasteiger partial charge is 0.480 e. The van der Waals surface area contributed by atoms with Crippen molar-refractivity contribution in [1.82, 2.24) is 4.57 Å². The molecule has 4 nitrogen and oxygen atoms in total. The highest BCUT2D eigenvalue weighted by atomic mass is 16.4. The van der Waals surface area contributed by atoms with Crippen LogP contribution in [0.25, 0.3) is 10.9 Å². The van der Waals surface area contributed by atoms with Crippen LogP contribution < -0.4 is 5.43 Å². The summed E-state index contributed by atoms with van der Waals surface area (Å²) >= 11 is 0. The molecule has 82 valence electrons. The van der Waals surface area contributed by atoms with E-state index in [9.17, 15) is 9.59 Å². The van der Waals surface area contributed by atoms with E-state index >= 15 is 0 Å². The van der Waals surface area contributed by atoms with Crippen LogP contribution in [0.4, 0.5) is 0 Å². The highest BCUT2D eigenvalue weighted by Gasteiger charge is 2.05. The molecule has 0 saturated heterocycles. The molecule has 0 amide bonds. The van der Waals surface area contributed by atoms with Gasteiger partial charge in [0.05, 0.1) is 5.52 Å². The number of aromatic nitrogens is 1. The van der Waals surface area contributed by atoms with Crippen molar-refractivity contribution in [2.24, 2.45) is 0 Å². The van der Waals surface area contributed by atoms with Gasteiger partial charge in [0.15, 0.2) is 5.43 Å². The second kappa shape index (κ2) is 3.81. The number of hydrogen-bond donors (Lipinski definition) is 1. The van der Waals surface area contributed by atoms with Gasteiger partial charge in [-0.1, -0.05) is 6.07 Å². The molecule has 0 unspecified atom stereocenters. The third kappa shape index (κ3) is 1.82. The highest BCUT2D eigenvalue weighted by Crippen LogP contribution is 2.12. The zero-order chi connectivity index (χ0) is 11.7. The van der Waals surface area contributed by atoms with Crippen LogP contribution >= 0.6 is 0 Å². The number of fused-ring (bicyclic) bond motifs is 1. The zero-order valence-electron chi connectivity index (χ0n) is 8.80. The molecule has 0 aliphatic heterocycles. The van der Waals surface area contributed by atoms with Crippen molar-refractivity contribution in [2.75, 3.05) is 0 Å². The van der Waals surface area contributed by atoms with Crippen molar-refractivity contribution in [3.63, 3.8) is 0 Å². The zero-order valence-corrected chi connectivity index (χ0v) is 8.80. The lowest BCUT2D eigenvalue weighted by Crippen LogP contribution is -2.13. The fraction of sp³-hybridized carbons (Fsp3) is 0.167. The summed E-state index contributed by atoms with van der Waals surface area (Å²) in [5, 5.41) is 9.32. The first-order valence-electron chi connectivity index (χ1n) is 4.89. The Bertz CT molecular complexity index is 613. The van der Waals surface area contributed by atoms with Crippen LogP contribution in [0.15, 0.2) is 35.3 Å². The summed E-state index contributed by atoms with van der Waals surface area (Å²) < 4.78 is 1.56. The van der Waals surface area contributed by atoms with Gasteiger partial charge in [0.1, 0.15) is 6.54 Å². The summed E-state index contributed by atoms with van der Waals surface area (Å²) in [5.41, 5.74) is 1.57. The van der Waals surface area contributed by atoms with Gasteiger partial charge in [-0.2, -0.15) is 0 Å². The molecule has 1 N–H and O–H groups in total. The Hall–Kier alpha value is -2.10. The molecule has 0 bridgehead atoms. The van der Waals surface area contributed by atoms with Crippen molar-refractivity contribution in [3.8, 4) is 0 Å². The van der Waals surface area contributed by atoms with E-state index in [2.05, 4.69) is 0 Å². The second-order valence-electron chi connectivity index (χ2n) is 3.72. The molecular formula is C12H11NO3. The molecule has 1 aromatic heterocycles. The van der Waals surface area contributed by atoms with E-state index in [1.54, 1.807) is 10.6 Å². The number of aryl methyl sites for hydroxylation is 1. The van der Waals surface area contributed by atoms with Crippen LogP contribution in [0.2, 0.25) is 0 Å². The van der Waals surface area contributed by atoms with Crippen LogP contribution in [-0.2, 0) is 11.3 Å². The van der Waals surface area contributed by atoms with Crippen molar-refractivity contribution in [3.05, 3.63) is 46.2 Å². The maximum atomic E-state index is 11.6. The number of carboxylic acids is 1. The predicted molar refractivity (Wildman–Crippen MR) is 60.6 cm³/mol. The molecule has 2 rings (SSSR count). The van der Waals surface area contributed by atoms with Crippen molar-refractivity contribution < 1.29 is 9.90 Å². The molecule has 0 aliphatic rings. The number of carboxylic acid groups (broad SMARTS) is 1. The third-order valence-corrected chi connectivity index (χ3v) is 2.44. The van der Waals surface area contributed by atoms with E-state index in [-0.39, 0.29) is 12.0 Å². The third-order valence-electron chi connectivity index (χ3n) is 2.44. The van der Waals surface area contributed by atoms with E-state index in [4.69, 9.17) is 5.11 Å². The minimum Gasteiger partial charge on any atom is -0.480 e. The smallest absolute Gasteiger partial charge is 0.323 e. The number of benzene rings is 1. The van der Waals surface area contributed by atoms with Gasteiger partial charge in [-0.25, -0.2) is 0 Å². The standard InChI is InChI=1S/C12H11NO3/c1-8-2-3-9-10(6-8)13(7-12(15)16)5-4-11(9)14/h2-6H,7H2,1H3,(H,15,16). The Balaban J connectivity index is 2.75. The Kier molecular flexibility index (Phi) is 2.48. The lowest BCUT2D eigenvalue weighted by molar-refractivity contribution is -0.137. The Labute approximate surface area is 91.8 Å². The van der Waals surface area contributed by atoms with Gasteiger partial charge in [0, 0.05) is 17.6 Å². The molecule has 16 heavy (non-hydrogen) atoms. The molecule has 0 atom stereocenters. The predicted octanol–water partition coefficient (Wildman–Crippen LogP) is 1.39. The minimum atomic E-state index is -0.925. The molecule has 0 fully saturated rings. The first-order valence-corrected chi connectivity index (χ1v) is 4.89. The van der Waals surface area contributed by atoms with E-state index in [1.165, 1.54) is 12.3 Å². The minimum absolute atomic E-state index is 0.0864. The molecule has 0 spiro atoms. The van der Waals surface area contributed by atoms with Gasteiger partial charge in [-0.15, -0.1) is 0 Å².